The summed E-state index contributed by atoms with van der Waals surface area (Å²) >= 11 is 0. The highest BCUT2D eigenvalue weighted by atomic mass is 16.5. The number of ether oxygens (including phenoxy) is 2. The average molecular weight is 249 g/mol. The van der Waals surface area contributed by atoms with Crippen molar-refractivity contribution in [2.24, 2.45) is 0 Å². The fourth-order valence-electron chi connectivity index (χ4n) is 2.30. The molecule has 1 aromatic rings. The summed E-state index contributed by atoms with van der Waals surface area (Å²) in [6.07, 6.45) is 1.20. The minimum Gasteiger partial charge on any atom is -0.488 e. The molecule has 2 unspecified atom stereocenters. The molecule has 3 nitrogen and oxygen atoms in total. The quantitative estimate of drug-likeness (QED) is 0.870. The number of benzene rings is 1. The number of rotatable bonds is 5. The molecular formula is C15H23NO2. The van der Waals surface area contributed by atoms with E-state index in [9.17, 15) is 0 Å². The van der Waals surface area contributed by atoms with Crippen LogP contribution >= 0.6 is 0 Å². The Morgan fingerprint density at radius 2 is 2.33 bits per heavy atom. The number of hydrogen-bond donors (Lipinski definition) is 1. The minimum absolute atomic E-state index is 0.208. The van der Waals surface area contributed by atoms with Crippen molar-refractivity contribution in [1.82, 2.24) is 5.32 Å². The van der Waals surface area contributed by atoms with E-state index in [1.807, 2.05) is 0 Å². The van der Waals surface area contributed by atoms with Gasteiger partial charge in [0, 0.05) is 18.0 Å². The van der Waals surface area contributed by atoms with Crippen LogP contribution in [0.2, 0.25) is 0 Å². The van der Waals surface area contributed by atoms with Gasteiger partial charge in [0.2, 0.25) is 0 Å². The molecular weight excluding hydrogens is 226 g/mol. The van der Waals surface area contributed by atoms with E-state index >= 15 is 0 Å². The average Bonchev–Trinajstić information content (AvgIpc) is 2.82. The van der Waals surface area contributed by atoms with Gasteiger partial charge in [-0.05, 0) is 32.0 Å². The van der Waals surface area contributed by atoms with Gasteiger partial charge in [0.1, 0.15) is 11.9 Å². The van der Waals surface area contributed by atoms with Crippen LogP contribution in [-0.4, -0.2) is 25.9 Å². The zero-order valence-electron chi connectivity index (χ0n) is 11.5. The number of hydrogen-bond acceptors (Lipinski definition) is 3. The van der Waals surface area contributed by atoms with E-state index in [0.717, 1.165) is 25.3 Å². The first kappa shape index (κ1) is 13.4. The second-order valence-corrected chi connectivity index (χ2v) is 4.92. The maximum Gasteiger partial charge on any atom is 0.124 e. The number of nitrogens with one attached hydrogen (secondary N) is 1. The standard InChI is InChI=1S/C15H23NO2/c1-4-16-12(3)14-6-5-11(2)9-15(14)18-13-7-8-17-10-13/h5-6,9,12-13,16H,4,7-8,10H2,1-3H3. The first-order valence-corrected chi connectivity index (χ1v) is 6.79. The van der Waals surface area contributed by atoms with Gasteiger partial charge < -0.3 is 14.8 Å². The Labute approximate surface area is 109 Å². The third kappa shape index (κ3) is 3.24. The predicted molar refractivity (Wildman–Crippen MR) is 73.1 cm³/mol. The van der Waals surface area contributed by atoms with E-state index in [-0.39, 0.29) is 6.10 Å². The molecule has 0 radical (unpaired) electrons. The molecule has 0 aromatic heterocycles. The molecule has 1 aromatic carbocycles. The third-order valence-electron chi connectivity index (χ3n) is 3.33. The summed E-state index contributed by atoms with van der Waals surface area (Å²) in [6.45, 7) is 8.88. The normalized spacial score (nSPS) is 20.9. The molecule has 0 aliphatic carbocycles. The van der Waals surface area contributed by atoms with E-state index in [0.29, 0.717) is 12.6 Å². The predicted octanol–water partition coefficient (Wildman–Crippen LogP) is 2.83. The van der Waals surface area contributed by atoms with E-state index in [1.54, 1.807) is 0 Å². The van der Waals surface area contributed by atoms with Gasteiger partial charge in [0.25, 0.3) is 0 Å². The molecule has 0 amide bonds. The highest BCUT2D eigenvalue weighted by Gasteiger charge is 2.20. The maximum absolute atomic E-state index is 6.09. The van der Waals surface area contributed by atoms with Crippen molar-refractivity contribution < 1.29 is 9.47 Å². The highest BCUT2D eigenvalue weighted by molar-refractivity contribution is 5.39. The molecule has 3 heteroatoms. The van der Waals surface area contributed by atoms with E-state index in [1.165, 1.54) is 11.1 Å². The van der Waals surface area contributed by atoms with Crippen molar-refractivity contribution in [3.05, 3.63) is 29.3 Å². The molecule has 1 fully saturated rings. The fraction of sp³-hybridized carbons (Fsp3) is 0.600. The van der Waals surface area contributed by atoms with Crippen molar-refractivity contribution >= 4 is 0 Å². The van der Waals surface area contributed by atoms with Crippen LogP contribution in [0.4, 0.5) is 0 Å². The second-order valence-electron chi connectivity index (χ2n) is 4.92. The van der Waals surface area contributed by atoms with E-state index in [4.69, 9.17) is 9.47 Å². The zero-order chi connectivity index (χ0) is 13.0. The van der Waals surface area contributed by atoms with Crippen molar-refractivity contribution in [3.63, 3.8) is 0 Å². The Bertz CT molecular complexity index is 386. The molecule has 0 spiro atoms. The Morgan fingerprint density at radius 1 is 1.50 bits per heavy atom. The van der Waals surface area contributed by atoms with E-state index < -0.39 is 0 Å². The van der Waals surface area contributed by atoms with Crippen LogP contribution in [-0.2, 0) is 4.74 Å². The molecule has 0 saturated carbocycles. The Balaban J connectivity index is 2.16. The first-order chi connectivity index (χ1) is 8.70. The Kier molecular flexibility index (Phi) is 4.61. The first-order valence-electron chi connectivity index (χ1n) is 6.79. The van der Waals surface area contributed by atoms with Gasteiger partial charge in [-0.25, -0.2) is 0 Å². The van der Waals surface area contributed by atoms with Crippen LogP contribution in [0.15, 0.2) is 18.2 Å². The summed E-state index contributed by atoms with van der Waals surface area (Å²) in [5, 5.41) is 3.44. The largest absolute Gasteiger partial charge is 0.488 e. The molecule has 1 N–H and O–H groups in total. The summed E-state index contributed by atoms with van der Waals surface area (Å²) in [6, 6.07) is 6.74. The number of aryl methyl sites for hydroxylation is 1. The van der Waals surface area contributed by atoms with Crippen molar-refractivity contribution in [3.8, 4) is 5.75 Å². The van der Waals surface area contributed by atoms with Crippen LogP contribution in [0.5, 0.6) is 5.75 Å². The molecule has 100 valence electrons. The molecule has 18 heavy (non-hydrogen) atoms. The summed E-state index contributed by atoms with van der Waals surface area (Å²) in [7, 11) is 0. The van der Waals surface area contributed by atoms with Crippen LogP contribution in [0.3, 0.4) is 0 Å². The summed E-state index contributed by atoms with van der Waals surface area (Å²) in [4.78, 5) is 0. The van der Waals surface area contributed by atoms with Crippen LogP contribution in [0.1, 0.15) is 37.4 Å². The lowest BCUT2D eigenvalue weighted by Gasteiger charge is -2.20. The molecule has 1 aliphatic rings. The zero-order valence-corrected chi connectivity index (χ0v) is 11.5. The van der Waals surface area contributed by atoms with Gasteiger partial charge in [-0.2, -0.15) is 0 Å². The summed E-state index contributed by atoms with van der Waals surface area (Å²) in [5.41, 5.74) is 2.46. The summed E-state index contributed by atoms with van der Waals surface area (Å²) in [5.74, 6) is 0.999. The van der Waals surface area contributed by atoms with Crippen molar-refractivity contribution in [2.45, 2.75) is 39.3 Å². The smallest absolute Gasteiger partial charge is 0.124 e. The maximum atomic E-state index is 6.09. The van der Waals surface area contributed by atoms with Gasteiger partial charge in [0.15, 0.2) is 0 Å². The lowest BCUT2D eigenvalue weighted by atomic mass is 10.0. The van der Waals surface area contributed by atoms with Crippen LogP contribution in [0, 0.1) is 6.92 Å². The van der Waals surface area contributed by atoms with Crippen molar-refractivity contribution in [1.29, 1.82) is 0 Å². The van der Waals surface area contributed by atoms with E-state index in [2.05, 4.69) is 44.3 Å². The second kappa shape index (κ2) is 6.21. The van der Waals surface area contributed by atoms with Gasteiger partial charge in [0.05, 0.1) is 13.2 Å². The van der Waals surface area contributed by atoms with Gasteiger partial charge in [-0.15, -0.1) is 0 Å². The fourth-order valence-corrected chi connectivity index (χ4v) is 2.30. The minimum atomic E-state index is 0.208. The molecule has 0 bridgehead atoms. The molecule has 2 rings (SSSR count). The summed E-state index contributed by atoms with van der Waals surface area (Å²) < 4.78 is 11.5. The van der Waals surface area contributed by atoms with Gasteiger partial charge in [-0.3, -0.25) is 0 Å². The Hall–Kier alpha value is -1.06. The SMILES string of the molecule is CCNC(C)c1ccc(C)cc1OC1CCOC1. The molecule has 1 saturated heterocycles. The van der Waals surface area contributed by atoms with Gasteiger partial charge in [-0.1, -0.05) is 19.1 Å². The third-order valence-corrected chi connectivity index (χ3v) is 3.33. The van der Waals surface area contributed by atoms with Crippen LogP contribution < -0.4 is 10.1 Å². The Morgan fingerprint density at radius 3 is 3.00 bits per heavy atom. The monoisotopic (exact) mass is 249 g/mol. The highest BCUT2D eigenvalue weighted by Crippen LogP contribution is 2.28. The van der Waals surface area contributed by atoms with Crippen molar-refractivity contribution in [2.75, 3.05) is 19.8 Å². The molecule has 2 atom stereocenters. The lowest BCUT2D eigenvalue weighted by molar-refractivity contribution is 0.140. The molecule has 1 aliphatic heterocycles. The molecule has 1 heterocycles. The van der Waals surface area contributed by atoms with Gasteiger partial charge >= 0.3 is 0 Å². The topological polar surface area (TPSA) is 30.5 Å². The lowest BCUT2D eigenvalue weighted by Crippen LogP contribution is -2.21. The van der Waals surface area contributed by atoms with Crippen LogP contribution in [0.25, 0.3) is 0 Å².